The molecule has 1 saturated carbocycles. The van der Waals surface area contributed by atoms with Crippen molar-refractivity contribution in [3.05, 3.63) is 0 Å². The number of esters is 1. The monoisotopic (exact) mass is 452 g/mol. The van der Waals surface area contributed by atoms with Crippen LogP contribution in [0, 0.1) is 11.8 Å². The molecular weight excluding hydrogens is 419 g/mol. The number of likely N-dealkylation sites (tertiary alicyclic amines) is 1. The first-order chi connectivity index (χ1) is 11.1. The molecule has 6 nitrogen and oxygen atoms in total. The van der Waals surface area contributed by atoms with Gasteiger partial charge in [0.05, 0.1) is 12.5 Å². The Morgan fingerprint density at radius 2 is 2.08 bits per heavy atom. The summed E-state index contributed by atoms with van der Waals surface area (Å²) in [7, 11) is 6.11. The van der Waals surface area contributed by atoms with Crippen molar-refractivity contribution in [2.75, 3.05) is 47.4 Å². The van der Waals surface area contributed by atoms with E-state index in [0.29, 0.717) is 19.2 Å². The highest BCUT2D eigenvalue weighted by molar-refractivity contribution is 14.0. The zero-order valence-corrected chi connectivity index (χ0v) is 17.8. The fraction of sp³-hybridized carbons (Fsp3) is 0.882. The minimum atomic E-state index is -0.0724. The molecular formula is C17H33IN4O2. The highest BCUT2D eigenvalue weighted by Gasteiger charge is 2.33. The number of hydrogen-bond acceptors (Lipinski definition) is 4. The number of ether oxygens (including phenoxy) is 1. The largest absolute Gasteiger partial charge is 0.466 e. The molecule has 0 aromatic rings. The molecule has 0 radical (unpaired) electrons. The van der Waals surface area contributed by atoms with Gasteiger partial charge < -0.3 is 19.9 Å². The summed E-state index contributed by atoms with van der Waals surface area (Å²) in [4.78, 5) is 20.9. The van der Waals surface area contributed by atoms with Crippen molar-refractivity contribution in [1.82, 2.24) is 15.1 Å². The molecule has 140 valence electrons. The third-order valence-corrected chi connectivity index (χ3v) is 4.85. The molecule has 7 heteroatoms. The van der Waals surface area contributed by atoms with E-state index in [0.717, 1.165) is 37.8 Å². The SMILES string of the molecule is CCOC(=O)C1CCCN(C(=NC)NCC(C2CC2)N(C)C)C1.I. The zero-order valence-electron chi connectivity index (χ0n) is 15.5. The first-order valence-electron chi connectivity index (χ1n) is 8.85. The van der Waals surface area contributed by atoms with Gasteiger partial charge in [-0.1, -0.05) is 0 Å². The number of piperidine rings is 1. The fourth-order valence-electron chi connectivity index (χ4n) is 3.40. The van der Waals surface area contributed by atoms with Gasteiger partial charge in [-0.3, -0.25) is 9.79 Å². The van der Waals surface area contributed by atoms with E-state index in [1.54, 1.807) is 0 Å². The van der Waals surface area contributed by atoms with E-state index in [-0.39, 0.29) is 35.9 Å². The minimum absolute atomic E-state index is 0. The average molecular weight is 452 g/mol. The standard InChI is InChI=1S/C17H32N4O2.HI/c1-5-23-16(22)14-7-6-10-21(12-14)17(18-2)19-11-15(20(3)4)13-8-9-13;/h13-15H,5-12H2,1-4H3,(H,18,19);1H. The molecule has 1 saturated heterocycles. The molecule has 2 unspecified atom stereocenters. The Hall–Kier alpha value is -0.570. The molecule has 0 aromatic carbocycles. The van der Waals surface area contributed by atoms with E-state index in [4.69, 9.17) is 4.74 Å². The van der Waals surface area contributed by atoms with E-state index in [1.165, 1.54) is 12.8 Å². The van der Waals surface area contributed by atoms with Gasteiger partial charge in [0.15, 0.2) is 5.96 Å². The zero-order chi connectivity index (χ0) is 16.8. The second kappa shape index (κ2) is 10.4. The fourth-order valence-corrected chi connectivity index (χ4v) is 3.40. The van der Waals surface area contributed by atoms with Gasteiger partial charge in [0, 0.05) is 32.7 Å². The van der Waals surface area contributed by atoms with E-state index in [1.807, 2.05) is 14.0 Å². The Labute approximate surface area is 163 Å². The van der Waals surface area contributed by atoms with Crippen LogP contribution in [0.4, 0.5) is 0 Å². The maximum Gasteiger partial charge on any atom is 0.310 e. The van der Waals surface area contributed by atoms with Crippen LogP contribution in [0.25, 0.3) is 0 Å². The van der Waals surface area contributed by atoms with Crippen molar-refractivity contribution in [3.8, 4) is 0 Å². The predicted octanol–water partition coefficient (Wildman–Crippen LogP) is 1.80. The molecule has 24 heavy (non-hydrogen) atoms. The van der Waals surface area contributed by atoms with E-state index in [9.17, 15) is 4.79 Å². The highest BCUT2D eigenvalue weighted by atomic mass is 127. The molecule has 2 rings (SSSR count). The van der Waals surface area contributed by atoms with Gasteiger partial charge in [-0.2, -0.15) is 0 Å². The third-order valence-electron chi connectivity index (χ3n) is 4.85. The molecule has 1 heterocycles. The van der Waals surface area contributed by atoms with Crippen LogP contribution in [0.3, 0.4) is 0 Å². The van der Waals surface area contributed by atoms with Gasteiger partial charge in [-0.25, -0.2) is 0 Å². The van der Waals surface area contributed by atoms with Gasteiger partial charge in [0.25, 0.3) is 0 Å². The molecule has 0 aromatic heterocycles. The van der Waals surface area contributed by atoms with Gasteiger partial charge >= 0.3 is 5.97 Å². The molecule has 1 aliphatic heterocycles. The second-order valence-corrected chi connectivity index (χ2v) is 6.83. The topological polar surface area (TPSA) is 57.2 Å². The average Bonchev–Trinajstić information content (AvgIpc) is 3.36. The van der Waals surface area contributed by atoms with Crippen molar-refractivity contribution in [2.24, 2.45) is 16.8 Å². The number of carbonyl (C=O) groups is 1. The number of nitrogens with zero attached hydrogens (tertiary/aromatic N) is 3. The summed E-state index contributed by atoms with van der Waals surface area (Å²) in [6.07, 6.45) is 4.58. The van der Waals surface area contributed by atoms with Crippen molar-refractivity contribution >= 4 is 35.9 Å². The maximum absolute atomic E-state index is 12.0. The summed E-state index contributed by atoms with van der Waals surface area (Å²) in [6, 6.07) is 0.553. The lowest BCUT2D eigenvalue weighted by Crippen LogP contribution is -2.51. The van der Waals surface area contributed by atoms with Crippen molar-refractivity contribution in [3.63, 3.8) is 0 Å². The quantitative estimate of drug-likeness (QED) is 0.288. The first-order valence-corrected chi connectivity index (χ1v) is 8.85. The summed E-state index contributed by atoms with van der Waals surface area (Å²) in [5.74, 6) is 1.61. The van der Waals surface area contributed by atoms with Gasteiger partial charge in [0.2, 0.25) is 0 Å². The molecule has 1 N–H and O–H groups in total. The van der Waals surface area contributed by atoms with Gasteiger partial charge in [-0.05, 0) is 52.6 Å². The number of halogens is 1. The summed E-state index contributed by atoms with van der Waals surface area (Å²) in [5.41, 5.74) is 0. The third kappa shape index (κ3) is 6.06. The number of aliphatic imine (C=N–C) groups is 1. The summed E-state index contributed by atoms with van der Waals surface area (Å²) in [6.45, 7) is 4.87. The summed E-state index contributed by atoms with van der Waals surface area (Å²) in [5, 5.41) is 3.52. The Morgan fingerprint density at radius 1 is 1.38 bits per heavy atom. The summed E-state index contributed by atoms with van der Waals surface area (Å²) < 4.78 is 5.18. The predicted molar refractivity (Wildman–Crippen MR) is 108 cm³/mol. The molecule has 1 aliphatic carbocycles. The van der Waals surface area contributed by atoms with Crippen LogP contribution in [0.5, 0.6) is 0 Å². The normalized spacial score (nSPS) is 22.8. The number of rotatable bonds is 6. The second-order valence-electron chi connectivity index (χ2n) is 6.83. The number of nitrogens with one attached hydrogen (secondary N) is 1. The van der Waals surface area contributed by atoms with Crippen LogP contribution < -0.4 is 5.32 Å². The Balaban J connectivity index is 0.00000288. The van der Waals surface area contributed by atoms with E-state index in [2.05, 4.69) is 34.2 Å². The minimum Gasteiger partial charge on any atom is -0.466 e. The van der Waals surface area contributed by atoms with Gasteiger partial charge in [0.1, 0.15) is 0 Å². The number of hydrogen-bond donors (Lipinski definition) is 1. The first kappa shape index (κ1) is 21.5. The van der Waals surface area contributed by atoms with Crippen LogP contribution in [0.2, 0.25) is 0 Å². The maximum atomic E-state index is 12.0. The molecule has 2 aliphatic rings. The molecule has 2 fully saturated rings. The van der Waals surface area contributed by atoms with Crippen LogP contribution in [0.15, 0.2) is 4.99 Å². The number of guanidine groups is 1. The van der Waals surface area contributed by atoms with E-state index < -0.39 is 0 Å². The van der Waals surface area contributed by atoms with Crippen molar-refractivity contribution < 1.29 is 9.53 Å². The Kier molecular flexibility index (Phi) is 9.33. The summed E-state index contributed by atoms with van der Waals surface area (Å²) >= 11 is 0. The Morgan fingerprint density at radius 3 is 2.62 bits per heavy atom. The molecule has 0 amide bonds. The lowest BCUT2D eigenvalue weighted by Gasteiger charge is -2.35. The molecule has 0 bridgehead atoms. The lowest BCUT2D eigenvalue weighted by molar-refractivity contribution is -0.149. The van der Waals surface area contributed by atoms with Crippen LogP contribution in [-0.4, -0.2) is 75.2 Å². The van der Waals surface area contributed by atoms with Crippen LogP contribution in [-0.2, 0) is 9.53 Å². The van der Waals surface area contributed by atoms with Crippen LogP contribution in [0.1, 0.15) is 32.6 Å². The van der Waals surface area contributed by atoms with Crippen LogP contribution >= 0.6 is 24.0 Å². The van der Waals surface area contributed by atoms with Crippen molar-refractivity contribution in [2.45, 2.75) is 38.6 Å². The Bertz CT molecular complexity index is 425. The number of likely N-dealkylation sites (N-methyl/N-ethyl adjacent to an activating group) is 1. The lowest BCUT2D eigenvalue weighted by atomic mass is 9.98. The van der Waals surface area contributed by atoms with Gasteiger partial charge in [-0.15, -0.1) is 24.0 Å². The molecule has 2 atom stereocenters. The smallest absolute Gasteiger partial charge is 0.310 e. The molecule has 0 spiro atoms. The highest BCUT2D eigenvalue weighted by Crippen LogP contribution is 2.34. The number of carbonyl (C=O) groups excluding carboxylic acids is 1. The van der Waals surface area contributed by atoms with Crippen molar-refractivity contribution in [1.29, 1.82) is 0 Å². The van der Waals surface area contributed by atoms with E-state index >= 15 is 0 Å².